The van der Waals surface area contributed by atoms with Gasteiger partial charge in [0.05, 0.1) is 11.9 Å². The van der Waals surface area contributed by atoms with E-state index in [1.54, 1.807) is 12.1 Å². The van der Waals surface area contributed by atoms with E-state index in [4.69, 9.17) is 14.8 Å². The number of ether oxygens (including phenoxy) is 1. The topological polar surface area (TPSA) is 39.4 Å². The highest BCUT2D eigenvalue weighted by Gasteiger charge is 2.21. The number of rotatable bonds is 5. The Morgan fingerprint density at radius 3 is 2.31 bits per heavy atom. The van der Waals surface area contributed by atoms with E-state index in [0.29, 0.717) is 6.61 Å². The van der Waals surface area contributed by atoms with Gasteiger partial charge in [0.1, 0.15) is 18.2 Å². The van der Waals surface area contributed by atoms with Gasteiger partial charge in [0.25, 0.3) is 0 Å². The Kier molecular flexibility index (Phi) is 6.20. The van der Waals surface area contributed by atoms with Gasteiger partial charge in [-0.2, -0.15) is 5.10 Å². The van der Waals surface area contributed by atoms with Gasteiger partial charge in [0.2, 0.25) is 0 Å². The van der Waals surface area contributed by atoms with Crippen LogP contribution >= 0.6 is 0 Å². The van der Waals surface area contributed by atoms with Gasteiger partial charge in [-0.15, -0.1) is 0 Å². The van der Waals surface area contributed by atoms with Crippen molar-refractivity contribution in [3.8, 4) is 28.1 Å². The Bertz CT molecular complexity index is 1480. The molecular weight excluding hydrogens is 449 g/mol. The normalized spacial score (nSPS) is 13.7. The summed E-state index contributed by atoms with van der Waals surface area (Å²) in [5.41, 5.74) is 8.75. The van der Waals surface area contributed by atoms with Crippen molar-refractivity contribution < 1.29 is 9.13 Å². The summed E-state index contributed by atoms with van der Waals surface area (Å²) in [4.78, 5) is 5.22. The summed E-state index contributed by atoms with van der Waals surface area (Å²) in [6.45, 7) is 0.398. The second-order valence-corrected chi connectivity index (χ2v) is 9.40. The lowest BCUT2D eigenvalue weighted by Gasteiger charge is -2.19. The van der Waals surface area contributed by atoms with Gasteiger partial charge in [-0.3, -0.25) is 0 Å². The summed E-state index contributed by atoms with van der Waals surface area (Å²) >= 11 is 0. The zero-order chi connectivity index (χ0) is 24.3. The minimum atomic E-state index is -0.240. The average molecular weight is 478 g/mol. The second kappa shape index (κ2) is 9.94. The molecule has 0 bridgehead atoms. The van der Waals surface area contributed by atoms with Crippen LogP contribution in [-0.2, 0) is 19.4 Å². The van der Waals surface area contributed by atoms with Gasteiger partial charge in [0, 0.05) is 22.4 Å². The summed E-state index contributed by atoms with van der Waals surface area (Å²) in [5, 5.41) is 4.80. The number of nitrogens with zero attached hydrogens (tertiary/aromatic N) is 3. The molecule has 180 valence electrons. The van der Waals surface area contributed by atoms with Gasteiger partial charge < -0.3 is 4.74 Å². The number of halogens is 1. The summed E-state index contributed by atoms with van der Waals surface area (Å²) in [5.74, 6) is 0.539. The Hall–Kier alpha value is -3.99. The van der Waals surface area contributed by atoms with Gasteiger partial charge in [-0.25, -0.2) is 13.9 Å². The van der Waals surface area contributed by atoms with E-state index < -0.39 is 0 Å². The fourth-order valence-electron chi connectivity index (χ4n) is 5.07. The molecule has 0 spiro atoms. The third-order valence-corrected chi connectivity index (χ3v) is 6.97. The molecule has 0 atom stereocenters. The van der Waals surface area contributed by atoms with E-state index in [-0.39, 0.29) is 5.82 Å². The molecule has 0 fully saturated rings. The summed E-state index contributed by atoms with van der Waals surface area (Å²) < 4.78 is 21.2. The summed E-state index contributed by atoms with van der Waals surface area (Å²) in [7, 11) is 0. The van der Waals surface area contributed by atoms with Crippen LogP contribution in [0.15, 0.2) is 85.1 Å². The average Bonchev–Trinajstić information content (AvgIpc) is 3.33. The predicted molar refractivity (Wildman–Crippen MR) is 140 cm³/mol. The summed E-state index contributed by atoms with van der Waals surface area (Å²) in [6, 6.07) is 24.9. The molecule has 0 N–H and O–H groups in total. The van der Waals surface area contributed by atoms with Crippen LogP contribution in [-0.4, -0.2) is 14.6 Å². The zero-order valence-electron chi connectivity index (χ0n) is 20.2. The molecule has 1 aliphatic rings. The van der Waals surface area contributed by atoms with Crippen molar-refractivity contribution in [3.63, 3.8) is 0 Å². The molecule has 0 amide bonds. The van der Waals surface area contributed by atoms with Crippen LogP contribution in [0.2, 0.25) is 0 Å². The Labute approximate surface area is 210 Å². The minimum absolute atomic E-state index is 0.240. The molecule has 0 saturated carbocycles. The highest BCUT2D eigenvalue weighted by molar-refractivity contribution is 5.80. The smallest absolute Gasteiger partial charge is 0.163 e. The van der Waals surface area contributed by atoms with Gasteiger partial charge >= 0.3 is 0 Å². The first kappa shape index (κ1) is 22.5. The fourth-order valence-corrected chi connectivity index (χ4v) is 5.07. The molecule has 5 aromatic rings. The van der Waals surface area contributed by atoms with Crippen LogP contribution in [0.4, 0.5) is 4.39 Å². The van der Waals surface area contributed by atoms with Crippen LogP contribution < -0.4 is 4.74 Å². The molecule has 36 heavy (non-hydrogen) atoms. The minimum Gasteiger partial charge on any atom is -0.489 e. The molecule has 2 aromatic heterocycles. The van der Waals surface area contributed by atoms with Crippen molar-refractivity contribution in [1.29, 1.82) is 0 Å². The van der Waals surface area contributed by atoms with Crippen molar-refractivity contribution in [3.05, 3.63) is 108 Å². The summed E-state index contributed by atoms with van der Waals surface area (Å²) in [6.07, 6.45) is 8.81. The third-order valence-electron chi connectivity index (χ3n) is 6.97. The first-order valence-corrected chi connectivity index (χ1v) is 12.7. The molecule has 1 aliphatic carbocycles. The highest BCUT2D eigenvalue weighted by atomic mass is 19.1. The SMILES string of the molecule is Fc1ccc(COc2ccc(-c3nc4c(-c5ccccc5)cnn4c4c3CCCCCC4)cc2)cc1. The lowest BCUT2D eigenvalue weighted by molar-refractivity contribution is 0.306. The predicted octanol–water partition coefficient (Wildman–Crippen LogP) is 7.44. The maximum absolute atomic E-state index is 13.2. The van der Waals surface area contributed by atoms with Crippen molar-refractivity contribution in [2.45, 2.75) is 45.1 Å². The number of hydrogen-bond donors (Lipinski definition) is 0. The number of hydrogen-bond acceptors (Lipinski definition) is 3. The van der Waals surface area contributed by atoms with Crippen LogP contribution in [0, 0.1) is 5.82 Å². The number of benzene rings is 3. The van der Waals surface area contributed by atoms with Crippen molar-refractivity contribution in [1.82, 2.24) is 14.6 Å². The second-order valence-electron chi connectivity index (χ2n) is 9.40. The first-order valence-electron chi connectivity index (χ1n) is 12.7. The fraction of sp³-hybridized carbons (Fsp3) is 0.226. The lowest BCUT2D eigenvalue weighted by atomic mass is 9.93. The van der Waals surface area contributed by atoms with E-state index in [1.807, 2.05) is 24.4 Å². The van der Waals surface area contributed by atoms with E-state index in [9.17, 15) is 4.39 Å². The molecule has 5 heteroatoms. The molecular formula is C31H28FN3O. The lowest BCUT2D eigenvalue weighted by Crippen LogP contribution is -2.11. The largest absolute Gasteiger partial charge is 0.489 e. The molecule has 0 saturated heterocycles. The maximum Gasteiger partial charge on any atom is 0.163 e. The molecule has 0 radical (unpaired) electrons. The van der Waals surface area contributed by atoms with Crippen molar-refractivity contribution in [2.24, 2.45) is 0 Å². The molecule has 3 aromatic carbocycles. The van der Waals surface area contributed by atoms with Gasteiger partial charge in [-0.05, 0) is 73.2 Å². The maximum atomic E-state index is 13.2. The van der Waals surface area contributed by atoms with E-state index >= 15 is 0 Å². The quantitative estimate of drug-likeness (QED) is 0.264. The van der Waals surface area contributed by atoms with Crippen LogP contribution in [0.1, 0.15) is 42.5 Å². The van der Waals surface area contributed by atoms with E-state index in [0.717, 1.165) is 52.2 Å². The monoisotopic (exact) mass is 477 g/mol. The molecule has 2 heterocycles. The molecule has 4 nitrogen and oxygen atoms in total. The number of aromatic nitrogens is 3. The van der Waals surface area contributed by atoms with Gasteiger partial charge in [-0.1, -0.05) is 55.3 Å². The Morgan fingerprint density at radius 1 is 0.778 bits per heavy atom. The standard InChI is InChI=1S/C31H28FN3O/c32-25-16-12-22(13-17-25)21-36-26-18-14-24(15-19-26)30-27-10-6-1-2-7-11-29(27)35-31(34-30)28(20-33-35)23-8-4-3-5-9-23/h3-5,8-9,12-20H,1-2,6-7,10-11,21H2. The van der Waals surface area contributed by atoms with E-state index in [2.05, 4.69) is 40.9 Å². The Morgan fingerprint density at radius 2 is 1.53 bits per heavy atom. The van der Waals surface area contributed by atoms with E-state index in [1.165, 1.54) is 49.1 Å². The number of aryl methyl sites for hydroxylation is 1. The van der Waals surface area contributed by atoms with Crippen LogP contribution in [0.25, 0.3) is 28.0 Å². The first-order chi connectivity index (χ1) is 17.8. The highest BCUT2D eigenvalue weighted by Crippen LogP contribution is 2.34. The number of fused-ring (bicyclic) bond motifs is 3. The van der Waals surface area contributed by atoms with Gasteiger partial charge in [0.15, 0.2) is 5.65 Å². The van der Waals surface area contributed by atoms with Crippen molar-refractivity contribution >= 4 is 5.65 Å². The molecule has 6 rings (SSSR count). The Balaban J connectivity index is 1.38. The van der Waals surface area contributed by atoms with Crippen LogP contribution in [0.3, 0.4) is 0 Å². The molecule has 0 unspecified atom stereocenters. The zero-order valence-corrected chi connectivity index (χ0v) is 20.2. The van der Waals surface area contributed by atoms with Crippen LogP contribution in [0.5, 0.6) is 5.75 Å². The third kappa shape index (κ3) is 4.49. The van der Waals surface area contributed by atoms with Crippen molar-refractivity contribution in [2.75, 3.05) is 0 Å². The molecule has 0 aliphatic heterocycles.